The molecule has 1 heterocycles. The summed E-state index contributed by atoms with van der Waals surface area (Å²) in [5, 5.41) is 4.87. The predicted octanol–water partition coefficient (Wildman–Crippen LogP) is 2.91. The second-order valence-corrected chi connectivity index (χ2v) is 6.35. The Morgan fingerprint density at radius 3 is 2.74 bits per heavy atom. The molecule has 1 aromatic carbocycles. The van der Waals surface area contributed by atoms with Gasteiger partial charge >= 0.3 is 5.97 Å². The smallest absolute Gasteiger partial charge is 0.337 e. The number of methoxy groups -OCH3 is 1. The summed E-state index contributed by atoms with van der Waals surface area (Å²) in [6, 6.07) is 9.15. The highest BCUT2D eigenvalue weighted by Gasteiger charge is 2.12. The van der Waals surface area contributed by atoms with E-state index in [1.54, 1.807) is 29.5 Å². The van der Waals surface area contributed by atoms with Crippen molar-refractivity contribution in [3.63, 3.8) is 0 Å². The first-order valence-corrected chi connectivity index (χ1v) is 8.07. The van der Waals surface area contributed by atoms with E-state index in [2.05, 4.69) is 5.32 Å². The minimum absolute atomic E-state index is 0.117. The summed E-state index contributed by atoms with van der Waals surface area (Å²) >= 11 is 1.67. The Balaban J connectivity index is 1.98. The molecule has 0 fully saturated rings. The molecule has 1 aromatic heterocycles. The van der Waals surface area contributed by atoms with Gasteiger partial charge in [0.1, 0.15) is 0 Å². The largest absolute Gasteiger partial charge is 0.465 e. The molecule has 2 aromatic rings. The lowest BCUT2D eigenvalue weighted by molar-refractivity contribution is -0.117. The fourth-order valence-electron chi connectivity index (χ4n) is 2.16. The van der Waals surface area contributed by atoms with E-state index in [-0.39, 0.29) is 12.5 Å². The fourth-order valence-corrected chi connectivity index (χ4v) is 2.94. The summed E-state index contributed by atoms with van der Waals surface area (Å²) in [5.74, 6) is -0.538. The van der Waals surface area contributed by atoms with Gasteiger partial charge in [-0.05, 0) is 43.1 Å². The Hall–Kier alpha value is -2.18. The first-order valence-electron chi connectivity index (χ1n) is 7.19. The van der Waals surface area contributed by atoms with Gasteiger partial charge in [-0.1, -0.05) is 12.1 Å². The molecule has 0 radical (unpaired) electrons. The van der Waals surface area contributed by atoms with Gasteiger partial charge in [0.15, 0.2) is 0 Å². The maximum atomic E-state index is 12.2. The zero-order valence-electron chi connectivity index (χ0n) is 13.5. The summed E-state index contributed by atoms with van der Waals surface area (Å²) in [4.78, 5) is 26.9. The average molecular weight is 332 g/mol. The van der Waals surface area contributed by atoms with Crippen LogP contribution in [0, 0.1) is 6.92 Å². The number of esters is 1. The van der Waals surface area contributed by atoms with Gasteiger partial charge in [0.25, 0.3) is 0 Å². The molecule has 0 bridgehead atoms. The number of rotatable bonds is 6. The van der Waals surface area contributed by atoms with Crippen molar-refractivity contribution in [1.82, 2.24) is 4.90 Å². The normalized spacial score (nSPS) is 10.6. The molecule has 122 valence electrons. The van der Waals surface area contributed by atoms with Gasteiger partial charge in [-0.2, -0.15) is 0 Å². The van der Waals surface area contributed by atoms with Gasteiger partial charge in [-0.15, -0.1) is 11.3 Å². The van der Waals surface area contributed by atoms with Gasteiger partial charge in [0, 0.05) is 17.1 Å². The van der Waals surface area contributed by atoms with Crippen LogP contribution in [-0.2, 0) is 16.1 Å². The topological polar surface area (TPSA) is 58.6 Å². The van der Waals surface area contributed by atoms with Crippen molar-refractivity contribution in [2.24, 2.45) is 0 Å². The maximum Gasteiger partial charge on any atom is 0.337 e. The molecule has 0 aliphatic rings. The lowest BCUT2D eigenvalue weighted by Crippen LogP contribution is -2.29. The fraction of sp³-hybridized carbons (Fsp3) is 0.294. The van der Waals surface area contributed by atoms with E-state index in [0.717, 1.165) is 12.1 Å². The minimum atomic E-state index is -0.421. The number of benzene rings is 1. The van der Waals surface area contributed by atoms with Crippen molar-refractivity contribution in [3.8, 4) is 0 Å². The van der Waals surface area contributed by atoms with E-state index in [1.807, 2.05) is 36.4 Å². The van der Waals surface area contributed by atoms with Crippen LogP contribution in [0.2, 0.25) is 0 Å². The molecule has 0 atom stereocenters. The number of likely N-dealkylation sites (N-methyl/N-ethyl adjacent to an activating group) is 1. The van der Waals surface area contributed by atoms with Gasteiger partial charge in [0.2, 0.25) is 5.91 Å². The average Bonchev–Trinajstić information content (AvgIpc) is 3.01. The molecule has 2 rings (SSSR count). The number of amides is 1. The molecule has 23 heavy (non-hydrogen) atoms. The number of ether oxygens (including phenoxy) is 1. The predicted molar refractivity (Wildman–Crippen MR) is 91.8 cm³/mol. The number of hydrogen-bond acceptors (Lipinski definition) is 5. The van der Waals surface area contributed by atoms with Gasteiger partial charge in [-0.25, -0.2) is 4.79 Å². The minimum Gasteiger partial charge on any atom is -0.465 e. The highest BCUT2D eigenvalue weighted by atomic mass is 32.1. The molecule has 5 nitrogen and oxygen atoms in total. The molecule has 0 spiro atoms. The molecule has 0 aliphatic heterocycles. The van der Waals surface area contributed by atoms with Gasteiger partial charge in [0.05, 0.1) is 19.2 Å². The first-order chi connectivity index (χ1) is 11.0. The monoisotopic (exact) mass is 332 g/mol. The van der Waals surface area contributed by atoms with Crippen molar-refractivity contribution < 1.29 is 14.3 Å². The van der Waals surface area contributed by atoms with E-state index in [9.17, 15) is 9.59 Å². The highest BCUT2D eigenvalue weighted by molar-refractivity contribution is 7.09. The van der Waals surface area contributed by atoms with Crippen molar-refractivity contribution in [2.45, 2.75) is 13.5 Å². The molecule has 6 heteroatoms. The second-order valence-electron chi connectivity index (χ2n) is 5.32. The Kier molecular flexibility index (Phi) is 5.90. The SMILES string of the molecule is COC(=O)c1ccc(C)c(NC(=O)CN(C)Cc2cccs2)c1. The Morgan fingerprint density at radius 2 is 2.09 bits per heavy atom. The van der Waals surface area contributed by atoms with E-state index in [4.69, 9.17) is 4.74 Å². The Bertz CT molecular complexity index is 683. The second kappa shape index (κ2) is 7.89. The third-order valence-corrected chi connectivity index (χ3v) is 4.21. The van der Waals surface area contributed by atoms with Gasteiger partial charge < -0.3 is 10.1 Å². The zero-order chi connectivity index (χ0) is 16.8. The van der Waals surface area contributed by atoms with Crippen molar-refractivity contribution in [1.29, 1.82) is 0 Å². The van der Waals surface area contributed by atoms with Crippen LogP contribution < -0.4 is 5.32 Å². The lowest BCUT2D eigenvalue weighted by atomic mass is 10.1. The van der Waals surface area contributed by atoms with Crippen LogP contribution in [0.25, 0.3) is 0 Å². The number of carbonyl (C=O) groups is 2. The van der Waals surface area contributed by atoms with Crippen LogP contribution >= 0.6 is 11.3 Å². The molecular weight excluding hydrogens is 312 g/mol. The van der Waals surface area contributed by atoms with Crippen molar-refractivity contribution >= 4 is 28.9 Å². The third kappa shape index (κ3) is 4.91. The molecular formula is C17H20N2O3S. The summed E-state index contributed by atoms with van der Waals surface area (Å²) in [6.45, 7) is 2.89. The van der Waals surface area contributed by atoms with Crippen LogP contribution in [0.4, 0.5) is 5.69 Å². The zero-order valence-corrected chi connectivity index (χ0v) is 14.3. The van der Waals surface area contributed by atoms with Crippen LogP contribution in [0.1, 0.15) is 20.8 Å². The number of nitrogens with zero attached hydrogens (tertiary/aromatic N) is 1. The van der Waals surface area contributed by atoms with E-state index < -0.39 is 5.97 Å². The summed E-state index contributed by atoms with van der Waals surface area (Å²) in [7, 11) is 3.23. The van der Waals surface area contributed by atoms with Crippen molar-refractivity contribution in [2.75, 3.05) is 26.0 Å². The summed E-state index contributed by atoms with van der Waals surface area (Å²) in [5.41, 5.74) is 1.94. The first kappa shape index (κ1) is 17.2. The van der Waals surface area contributed by atoms with Crippen LogP contribution in [0.15, 0.2) is 35.7 Å². The van der Waals surface area contributed by atoms with Crippen LogP contribution in [0.3, 0.4) is 0 Å². The van der Waals surface area contributed by atoms with E-state index in [0.29, 0.717) is 11.3 Å². The molecule has 0 unspecified atom stereocenters. The molecule has 0 saturated carbocycles. The number of carbonyl (C=O) groups excluding carboxylic acids is 2. The maximum absolute atomic E-state index is 12.2. The van der Waals surface area contributed by atoms with Crippen LogP contribution in [-0.4, -0.2) is 37.5 Å². The molecule has 1 amide bonds. The number of thiophene rings is 1. The third-order valence-electron chi connectivity index (χ3n) is 3.35. The van der Waals surface area contributed by atoms with E-state index >= 15 is 0 Å². The molecule has 1 N–H and O–H groups in total. The number of aryl methyl sites for hydroxylation is 1. The van der Waals surface area contributed by atoms with Crippen molar-refractivity contribution in [3.05, 3.63) is 51.7 Å². The number of anilines is 1. The number of hydrogen-bond donors (Lipinski definition) is 1. The summed E-state index contributed by atoms with van der Waals surface area (Å²) in [6.07, 6.45) is 0. The Morgan fingerprint density at radius 1 is 1.30 bits per heavy atom. The molecule has 0 saturated heterocycles. The van der Waals surface area contributed by atoms with E-state index in [1.165, 1.54) is 12.0 Å². The highest BCUT2D eigenvalue weighted by Crippen LogP contribution is 2.18. The lowest BCUT2D eigenvalue weighted by Gasteiger charge is -2.16. The quantitative estimate of drug-likeness (QED) is 0.826. The molecule has 0 aliphatic carbocycles. The summed E-state index contributed by atoms with van der Waals surface area (Å²) < 4.78 is 4.70. The number of nitrogens with one attached hydrogen (secondary N) is 1. The Labute approximate surface area is 139 Å². The van der Waals surface area contributed by atoms with Crippen LogP contribution in [0.5, 0.6) is 0 Å². The standard InChI is InChI=1S/C17H20N2O3S/c1-12-6-7-13(17(21)22-3)9-15(12)18-16(20)11-19(2)10-14-5-4-8-23-14/h4-9H,10-11H2,1-3H3,(H,18,20). The van der Waals surface area contributed by atoms with Gasteiger partial charge in [-0.3, -0.25) is 9.69 Å².